The Morgan fingerprint density at radius 1 is 1.23 bits per heavy atom. The topological polar surface area (TPSA) is 159 Å². The molecule has 26 heavy (non-hydrogen) atoms. The van der Waals surface area contributed by atoms with Crippen molar-refractivity contribution in [2.24, 2.45) is 11.5 Å². The molecule has 0 saturated carbocycles. The number of aromatic nitrogens is 4. The Balaban J connectivity index is 1.93. The van der Waals surface area contributed by atoms with Gasteiger partial charge in [0.15, 0.2) is 11.6 Å². The Labute approximate surface area is 149 Å². The highest BCUT2D eigenvalue weighted by Crippen LogP contribution is 2.12. The first-order valence-corrected chi connectivity index (χ1v) is 7.92. The molecule has 1 atom stereocenters. The van der Waals surface area contributed by atoms with E-state index in [1.54, 1.807) is 0 Å². The van der Waals surface area contributed by atoms with E-state index in [4.69, 9.17) is 11.5 Å². The lowest BCUT2D eigenvalue weighted by atomic mass is 9.96. The summed E-state index contributed by atoms with van der Waals surface area (Å²) in [5, 5.41) is 13.9. The van der Waals surface area contributed by atoms with Gasteiger partial charge in [-0.1, -0.05) is 35.1 Å². The molecule has 10 nitrogen and oxygen atoms in total. The lowest BCUT2D eigenvalue weighted by Crippen LogP contribution is -2.35. The maximum Gasteiger partial charge on any atom is 0.361 e. The van der Waals surface area contributed by atoms with Gasteiger partial charge in [0.05, 0.1) is 6.04 Å². The number of hydrogen-bond acceptors (Lipinski definition) is 7. The number of amides is 2. The second-order valence-corrected chi connectivity index (χ2v) is 5.65. The molecule has 1 radical (unpaired) electrons. The first kappa shape index (κ1) is 19.2. The van der Waals surface area contributed by atoms with Crippen LogP contribution in [0.25, 0.3) is 0 Å². The van der Waals surface area contributed by atoms with E-state index >= 15 is 0 Å². The van der Waals surface area contributed by atoms with Crippen LogP contribution in [0.5, 0.6) is 0 Å². The maximum atomic E-state index is 12.2. The van der Waals surface area contributed by atoms with E-state index in [0.29, 0.717) is 6.54 Å². The lowest BCUT2D eigenvalue weighted by Gasteiger charge is -2.12. The molecule has 1 aromatic carbocycles. The van der Waals surface area contributed by atoms with Crippen LogP contribution in [-0.4, -0.2) is 44.0 Å². The summed E-state index contributed by atoms with van der Waals surface area (Å²) in [6.07, 6.45) is 0.124. The largest absolute Gasteiger partial charge is 0.370 e. The summed E-state index contributed by atoms with van der Waals surface area (Å²) in [7, 11) is 0. The van der Waals surface area contributed by atoms with E-state index < -0.39 is 23.8 Å². The highest BCUT2D eigenvalue weighted by Gasteiger charge is 2.27. The molecule has 5 N–H and O–H groups in total. The number of Topliss-reactive ketones (excluding diaryl/α,β-unsaturated/α-hetero) is 1. The van der Waals surface area contributed by atoms with Gasteiger partial charge in [0.1, 0.15) is 5.92 Å². The second-order valence-electron chi connectivity index (χ2n) is 5.65. The zero-order chi connectivity index (χ0) is 19.1. The maximum absolute atomic E-state index is 12.2. The third kappa shape index (κ3) is 5.18. The molecule has 1 heterocycles. The minimum Gasteiger partial charge on any atom is -0.370 e. The van der Waals surface area contributed by atoms with Crippen LogP contribution in [0.4, 0.5) is 4.79 Å². The van der Waals surface area contributed by atoms with Crippen molar-refractivity contribution in [3.8, 4) is 0 Å². The summed E-state index contributed by atoms with van der Waals surface area (Å²) in [4.78, 5) is 35.8. The standard InChI is InChI=1S/C16H20N7O3/c1-10(14(25)12(17)7-8-13(18)24)15-20-22-23(21-15)16(26)19-9-11-5-3-2-4-6-11/h2-6,12H,7-9,17H2,1H3,(H2,18,24)(H,19,26)/t12-/m0/s1. The van der Waals surface area contributed by atoms with Crippen LogP contribution in [-0.2, 0) is 16.1 Å². The van der Waals surface area contributed by atoms with Gasteiger partial charge in [-0.2, -0.15) is 0 Å². The second kappa shape index (κ2) is 8.81. The third-order valence-electron chi connectivity index (χ3n) is 3.63. The number of nitrogens with zero attached hydrogens (tertiary/aromatic N) is 4. The summed E-state index contributed by atoms with van der Waals surface area (Å²) in [5.74, 6) is -0.816. The number of benzene rings is 1. The van der Waals surface area contributed by atoms with E-state index in [0.717, 1.165) is 10.4 Å². The van der Waals surface area contributed by atoms with Gasteiger partial charge in [-0.25, -0.2) is 4.79 Å². The number of nitrogens with two attached hydrogens (primary N) is 2. The molecular formula is C16H20N7O3. The van der Waals surface area contributed by atoms with Crippen molar-refractivity contribution < 1.29 is 14.4 Å². The van der Waals surface area contributed by atoms with Crippen molar-refractivity contribution in [1.29, 1.82) is 0 Å². The molecule has 0 spiro atoms. The van der Waals surface area contributed by atoms with Crippen LogP contribution in [0, 0.1) is 5.92 Å². The van der Waals surface area contributed by atoms with Crippen LogP contribution in [0.1, 0.15) is 31.2 Å². The molecule has 0 aliphatic heterocycles. The molecule has 0 aliphatic rings. The van der Waals surface area contributed by atoms with Crippen molar-refractivity contribution in [3.63, 3.8) is 0 Å². The fourth-order valence-corrected chi connectivity index (χ4v) is 2.11. The predicted octanol–water partition coefficient (Wildman–Crippen LogP) is -0.465. The molecule has 2 amide bonds. The van der Waals surface area contributed by atoms with Crippen LogP contribution >= 0.6 is 0 Å². The van der Waals surface area contributed by atoms with Crippen LogP contribution < -0.4 is 16.8 Å². The summed E-state index contributed by atoms with van der Waals surface area (Å²) in [5.41, 5.74) is 11.7. The molecule has 0 bridgehead atoms. The van der Waals surface area contributed by atoms with Gasteiger partial charge >= 0.3 is 6.03 Å². The van der Waals surface area contributed by atoms with Crippen molar-refractivity contribution in [2.75, 3.05) is 0 Å². The van der Waals surface area contributed by atoms with Crippen molar-refractivity contribution in [2.45, 2.75) is 32.4 Å². The first-order valence-electron chi connectivity index (χ1n) is 7.92. The van der Waals surface area contributed by atoms with Crippen molar-refractivity contribution >= 4 is 17.7 Å². The molecular weight excluding hydrogens is 338 g/mol. The average molecular weight is 358 g/mol. The Kier molecular flexibility index (Phi) is 6.50. The summed E-state index contributed by atoms with van der Waals surface area (Å²) < 4.78 is 0. The molecule has 137 valence electrons. The van der Waals surface area contributed by atoms with Gasteiger partial charge in [0.2, 0.25) is 5.91 Å². The monoisotopic (exact) mass is 358 g/mol. The molecule has 0 saturated heterocycles. The number of hydrogen-bond donors (Lipinski definition) is 3. The summed E-state index contributed by atoms with van der Waals surface area (Å²) in [6, 6.07) is 7.85. The number of tetrazole rings is 1. The van der Waals surface area contributed by atoms with Gasteiger partial charge in [-0.3, -0.25) is 9.59 Å². The molecule has 2 aromatic rings. The highest BCUT2D eigenvalue weighted by atomic mass is 16.2. The average Bonchev–Trinajstić information content (AvgIpc) is 3.14. The molecule has 2 rings (SSSR count). The Morgan fingerprint density at radius 2 is 1.92 bits per heavy atom. The SMILES string of the molecule is C[C](C(=O)[C@@H](N)CCC(N)=O)c1nnn(C(=O)NCc2ccccc2)n1. The zero-order valence-corrected chi connectivity index (χ0v) is 14.3. The van der Waals surface area contributed by atoms with Gasteiger partial charge in [0.25, 0.3) is 0 Å². The van der Waals surface area contributed by atoms with Crippen LogP contribution in [0.2, 0.25) is 0 Å². The van der Waals surface area contributed by atoms with E-state index in [-0.39, 0.29) is 24.6 Å². The van der Waals surface area contributed by atoms with Crippen molar-refractivity contribution in [1.82, 2.24) is 25.5 Å². The van der Waals surface area contributed by atoms with Crippen molar-refractivity contribution in [3.05, 3.63) is 47.6 Å². The molecule has 10 heteroatoms. The van der Waals surface area contributed by atoms with Gasteiger partial charge in [0, 0.05) is 13.0 Å². The van der Waals surface area contributed by atoms with E-state index in [2.05, 4.69) is 20.7 Å². The Morgan fingerprint density at radius 3 is 2.58 bits per heavy atom. The molecule has 0 fully saturated rings. The zero-order valence-electron chi connectivity index (χ0n) is 14.3. The lowest BCUT2D eigenvalue weighted by molar-refractivity contribution is -0.119. The van der Waals surface area contributed by atoms with Crippen LogP contribution in [0.15, 0.2) is 30.3 Å². The quantitative estimate of drug-likeness (QED) is 0.575. The van der Waals surface area contributed by atoms with Gasteiger partial charge in [-0.15, -0.1) is 10.2 Å². The number of primary amides is 1. The fourth-order valence-electron chi connectivity index (χ4n) is 2.11. The Hall–Kier alpha value is -3.14. The molecule has 0 aliphatic carbocycles. The number of ketones is 1. The van der Waals surface area contributed by atoms with E-state index in [9.17, 15) is 14.4 Å². The first-order chi connectivity index (χ1) is 12.4. The van der Waals surface area contributed by atoms with E-state index in [1.807, 2.05) is 30.3 Å². The summed E-state index contributed by atoms with van der Waals surface area (Å²) >= 11 is 0. The number of carbonyl (C=O) groups is 3. The number of rotatable bonds is 8. The predicted molar refractivity (Wildman–Crippen MR) is 91.3 cm³/mol. The number of nitrogens with one attached hydrogen (secondary N) is 1. The minimum atomic E-state index is -0.902. The van der Waals surface area contributed by atoms with Gasteiger partial charge in [-0.05, 0) is 24.1 Å². The molecule has 1 aromatic heterocycles. The van der Waals surface area contributed by atoms with E-state index in [1.165, 1.54) is 6.92 Å². The third-order valence-corrected chi connectivity index (χ3v) is 3.63. The normalized spacial score (nSPS) is 12.0. The fraction of sp³-hybridized carbons (Fsp3) is 0.312. The minimum absolute atomic E-state index is 0.000568. The number of carbonyl (C=O) groups excluding carboxylic acids is 3. The highest BCUT2D eigenvalue weighted by molar-refractivity contribution is 5.98. The smallest absolute Gasteiger partial charge is 0.361 e. The van der Waals surface area contributed by atoms with Crippen LogP contribution in [0.3, 0.4) is 0 Å². The van der Waals surface area contributed by atoms with Gasteiger partial charge < -0.3 is 16.8 Å². The Bertz CT molecular complexity index is 775. The molecule has 0 unspecified atom stereocenters. The summed E-state index contributed by atoms with van der Waals surface area (Å²) in [6.45, 7) is 1.78.